The fraction of sp³-hybridized carbons (Fsp3) is 0.375. The predicted molar refractivity (Wildman–Crippen MR) is 84.1 cm³/mol. The molecule has 2 aromatic rings. The molecule has 0 amide bonds. The molecule has 0 aliphatic rings. The van der Waals surface area contributed by atoms with Crippen LogP contribution in [0.25, 0.3) is 11.3 Å². The number of hydrogen-bond acceptors (Lipinski definition) is 4. The standard InChI is InChI=1S/C16H19NO3S/c1-4-20-14-6-5-11(10(2)3)7-12(14)13-9-21-15(17-13)8-16(18)19/h5-7,9-10H,4,8H2,1-3H3,(H,18,19). The number of benzene rings is 1. The van der Waals surface area contributed by atoms with Crippen molar-refractivity contribution in [1.29, 1.82) is 0 Å². The maximum absolute atomic E-state index is 10.8. The molecule has 1 heterocycles. The molecule has 2 rings (SSSR count). The maximum atomic E-state index is 10.8. The third-order valence-electron chi connectivity index (χ3n) is 3.10. The van der Waals surface area contributed by atoms with E-state index >= 15 is 0 Å². The van der Waals surface area contributed by atoms with Gasteiger partial charge in [0.15, 0.2) is 0 Å². The molecule has 5 heteroatoms. The number of carboxylic acids is 1. The summed E-state index contributed by atoms with van der Waals surface area (Å²) in [4.78, 5) is 15.2. The summed E-state index contributed by atoms with van der Waals surface area (Å²) in [6, 6.07) is 6.10. The average molecular weight is 305 g/mol. The number of carbonyl (C=O) groups is 1. The first-order chi connectivity index (χ1) is 10.0. The van der Waals surface area contributed by atoms with Crippen LogP contribution in [0.5, 0.6) is 5.75 Å². The molecule has 0 fully saturated rings. The van der Waals surface area contributed by atoms with Gasteiger partial charge in [0.2, 0.25) is 0 Å². The highest BCUT2D eigenvalue weighted by Gasteiger charge is 2.14. The Balaban J connectivity index is 2.41. The lowest BCUT2D eigenvalue weighted by molar-refractivity contribution is -0.136. The van der Waals surface area contributed by atoms with Crippen LogP contribution in [0.4, 0.5) is 0 Å². The normalized spacial score (nSPS) is 10.9. The number of nitrogens with zero attached hydrogens (tertiary/aromatic N) is 1. The highest BCUT2D eigenvalue weighted by atomic mass is 32.1. The van der Waals surface area contributed by atoms with Crippen LogP contribution < -0.4 is 4.74 Å². The van der Waals surface area contributed by atoms with E-state index in [4.69, 9.17) is 9.84 Å². The van der Waals surface area contributed by atoms with Crippen LogP contribution >= 0.6 is 11.3 Å². The average Bonchev–Trinajstić information content (AvgIpc) is 2.86. The number of carboxylic acid groups (broad SMARTS) is 1. The van der Waals surface area contributed by atoms with E-state index in [0.29, 0.717) is 17.5 Å². The minimum absolute atomic E-state index is 0.0431. The Morgan fingerprint density at radius 3 is 2.81 bits per heavy atom. The molecule has 0 spiro atoms. The molecule has 0 unspecified atom stereocenters. The van der Waals surface area contributed by atoms with Crippen molar-refractivity contribution in [3.05, 3.63) is 34.2 Å². The van der Waals surface area contributed by atoms with Gasteiger partial charge in [-0.1, -0.05) is 19.9 Å². The summed E-state index contributed by atoms with van der Waals surface area (Å²) < 4.78 is 5.66. The first-order valence-electron chi connectivity index (χ1n) is 6.94. The first kappa shape index (κ1) is 15.5. The van der Waals surface area contributed by atoms with Gasteiger partial charge in [-0.05, 0) is 30.5 Å². The van der Waals surface area contributed by atoms with Gasteiger partial charge < -0.3 is 9.84 Å². The Morgan fingerprint density at radius 1 is 1.43 bits per heavy atom. The maximum Gasteiger partial charge on any atom is 0.310 e. The lowest BCUT2D eigenvalue weighted by Crippen LogP contribution is -2.00. The number of aliphatic carboxylic acids is 1. The van der Waals surface area contributed by atoms with Crippen molar-refractivity contribution in [2.24, 2.45) is 0 Å². The highest BCUT2D eigenvalue weighted by molar-refractivity contribution is 7.10. The Bertz CT molecular complexity index is 634. The van der Waals surface area contributed by atoms with Gasteiger partial charge in [-0.3, -0.25) is 4.79 Å². The van der Waals surface area contributed by atoms with Gasteiger partial charge in [0.25, 0.3) is 0 Å². The topological polar surface area (TPSA) is 59.4 Å². The zero-order valence-electron chi connectivity index (χ0n) is 12.4. The monoisotopic (exact) mass is 305 g/mol. The smallest absolute Gasteiger partial charge is 0.310 e. The number of thiazole rings is 1. The molecule has 0 saturated heterocycles. The molecule has 1 aromatic heterocycles. The minimum Gasteiger partial charge on any atom is -0.493 e. The molecule has 0 saturated carbocycles. The zero-order valence-corrected chi connectivity index (χ0v) is 13.2. The molecule has 112 valence electrons. The quantitative estimate of drug-likeness (QED) is 0.877. The molecule has 1 N–H and O–H groups in total. The number of hydrogen-bond donors (Lipinski definition) is 1. The molecule has 21 heavy (non-hydrogen) atoms. The molecule has 0 aliphatic heterocycles. The van der Waals surface area contributed by atoms with E-state index in [1.54, 1.807) is 0 Å². The van der Waals surface area contributed by atoms with Crippen LogP contribution in [0.1, 0.15) is 37.3 Å². The van der Waals surface area contributed by atoms with Crippen LogP contribution in [0.3, 0.4) is 0 Å². The largest absolute Gasteiger partial charge is 0.493 e. The summed E-state index contributed by atoms with van der Waals surface area (Å²) in [6.07, 6.45) is -0.0431. The Labute approximate surface area is 128 Å². The lowest BCUT2D eigenvalue weighted by atomic mass is 9.99. The van der Waals surface area contributed by atoms with Crippen LogP contribution in [-0.4, -0.2) is 22.7 Å². The first-order valence-corrected chi connectivity index (χ1v) is 7.82. The van der Waals surface area contributed by atoms with E-state index in [2.05, 4.69) is 31.0 Å². The van der Waals surface area contributed by atoms with E-state index in [1.165, 1.54) is 16.9 Å². The van der Waals surface area contributed by atoms with E-state index < -0.39 is 5.97 Å². The Hall–Kier alpha value is -1.88. The predicted octanol–water partition coefficient (Wildman–Crippen LogP) is 3.96. The van der Waals surface area contributed by atoms with E-state index in [9.17, 15) is 4.79 Å². The SMILES string of the molecule is CCOc1ccc(C(C)C)cc1-c1csc(CC(=O)O)n1. The van der Waals surface area contributed by atoms with Crippen molar-refractivity contribution in [1.82, 2.24) is 4.98 Å². The third kappa shape index (κ3) is 3.82. The molecule has 0 bridgehead atoms. The van der Waals surface area contributed by atoms with Crippen molar-refractivity contribution < 1.29 is 14.6 Å². The van der Waals surface area contributed by atoms with Crippen LogP contribution in [0.15, 0.2) is 23.6 Å². The van der Waals surface area contributed by atoms with Gasteiger partial charge in [-0.2, -0.15) is 0 Å². The summed E-state index contributed by atoms with van der Waals surface area (Å²) in [5, 5.41) is 11.3. The summed E-state index contributed by atoms with van der Waals surface area (Å²) in [7, 11) is 0. The highest BCUT2D eigenvalue weighted by Crippen LogP contribution is 2.33. The molecule has 4 nitrogen and oxygen atoms in total. The van der Waals surface area contributed by atoms with Gasteiger partial charge in [-0.15, -0.1) is 11.3 Å². The van der Waals surface area contributed by atoms with E-state index in [-0.39, 0.29) is 6.42 Å². The third-order valence-corrected chi connectivity index (χ3v) is 3.95. The molecule has 1 aromatic carbocycles. The van der Waals surface area contributed by atoms with Crippen LogP contribution in [-0.2, 0) is 11.2 Å². The van der Waals surface area contributed by atoms with Crippen molar-refractivity contribution in [3.63, 3.8) is 0 Å². The molecule has 0 atom stereocenters. The van der Waals surface area contributed by atoms with Gasteiger partial charge in [0, 0.05) is 10.9 Å². The fourth-order valence-corrected chi connectivity index (χ4v) is 2.82. The molecule has 0 aliphatic carbocycles. The van der Waals surface area contributed by atoms with Gasteiger partial charge in [0.1, 0.15) is 10.8 Å². The van der Waals surface area contributed by atoms with Gasteiger partial charge >= 0.3 is 5.97 Å². The summed E-state index contributed by atoms with van der Waals surface area (Å²) in [5.41, 5.74) is 2.92. The minimum atomic E-state index is -0.864. The van der Waals surface area contributed by atoms with Crippen molar-refractivity contribution >= 4 is 17.3 Å². The van der Waals surface area contributed by atoms with Gasteiger partial charge in [-0.25, -0.2) is 4.98 Å². The molecular formula is C16H19NO3S. The van der Waals surface area contributed by atoms with Crippen LogP contribution in [0.2, 0.25) is 0 Å². The number of ether oxygens (including phenoxy) is 1. The van der Waals surface area contributed by atoms with Crippen molar-refractivity contribution in [2.75, 3.05) is 6.61 Å². The molecule has 0 radical (unpaired) electrons. The van der Waals surface area contributed by atoms with Gasteiger partial charge in [0.05, 0.1) is 18.7 Å². The summed E-state index contributed by atoms with van der Waals surface area (Å²) >= 11 is 1.37. The second-order valence-corrected chi connectivity index (χ2v) is 5.98. The number of aromatic nitrogens is 1. The van der Waals surface area contributed by atoms with Crippen molar-refractivity contribution in [3.8, 4) is 17.0 Å². The van der Waals surface area contributed by atoms with E-state index in [0.717, 1.165) is 17.0 Å². The second-order valence-electron chi connectivity index (χ2n) is 5.04. The second kappa shape index (κ2) is 6.72. The lowest BCUT2D eigenvalue weighted by Gasteiger charge is -2.12. The summed E-state index contributed by atoms with van der Waals surface area (Å²) in [6.45, 7) is 6.80. The zero-order chi connectivity index (χ0) is 15.4. The van der Waals surface area contributed by atoms with Crippen LogP contribution in [0, 0.1) is 0 Å². The number of rotatable bonds is 6. The Kier molecular flexibility index (Phi) is 4.96. The fourth-order valence-electron chi connectivity index (χ4n) is 2.03. The summed E-state index contributed by atoms with van der Waals surface area (Å²) in [5.74, 6) is 0.336. The van der Waals surface area contributed by atoms with E-state index in [1.807, 2.05) is 18.4 Å². The Morgan fingerprint density at radius 2 is 2.19 bits per heavy atom. The van der Waals surface area contributed by atoms with Crippen molar-refractivity contribution in [2.45, 2.75) is 33.1 Å². The molecular weight excluding hydrogens is 286 g/mol.